The maximum Gasteiger partial charge on any atom is 0.432 e. The molecular formula is C24H34N3O4P. The first-order chi connectivity index (χ1) is 15.5. The Bertz CT molecular complexity index is 954. The monoisotopic (exact) mass is 459 g/mol. The third kappa shape index (κ3) is 4.53. The van der Waals surface area contributed by atoms with Gasteiger partial charge in [-0.15, -0.1) is 0 Å². The van der Waals surface area contributed by atoms with Gasteiger partial charge < -0.3 is 15.4 Å². The van der Waals surface area contributed by atoms with E-state index in [4.69, 9.17) is 19.5 Å². The minimum absolute atomic E-state index is 0.0480. The van der Waals surface area contributed by atoms with E-state index in [1.807, 2.05) is 25.1 Å². The molecule has 0 spiro atoms. The van der Waals surface area contributed by atoms with Crippen molar-refractivity contribution in [3.05, 3.63) is 53.6 Å². The highest BCUT2D eigenvalue weighted by Crippen LogP contribution is 2.52. The predicted octanol–water partition coefficient (Wildman–Crippen LogP) is 5.79. The molecule has 4 rings (SSSR count). The number of fused-ring (bicyclic) bond motifs is 1. The van der Waals surface area contributed by atoms with Crippen LogP contribution in [-0.4, -0.2) is 25.9 Å². The average Bonchev–Trinajstić information content (AvgIpc) is 3.00. The Labute approximate surface area is 190 Å². The molecule has 2 aromatic rings. The van der Waals surface area contributed by atoms with Crippen LogP contribution in [0, 0.1) is 0 Å². The van der Waals surface area contributed by atoms with Crippen LogP contribution in [0.2, 0.25) is 0 Å². The fourth-order valence-corrected chi connectivity index (χ4v) is 5.94. The molecule has 174 valence electrons. The van der Waals surface area contributed by atoms with Crippen molar-refractivity contribution in [3.8, 4) is 5.75 Å². The van der Waals surface area contributed by atoms with E-state index >= 15 is 0 Å². The van der Waals surface area contributed by atoms with Crippen molar-refractivity contribution in [2.24, 2.45) is 5.73 Å². The second-order valence-electron chi connectivity index (χ2n) is 8.18. The highest BCUT2D eigenvalue weighted by molar-refractivity contribution is 7.55. The molecule has 0 radical (unpaired) electrons. The van der Waals surface area contributed by atoms with Crippen LogP contribution in [-0.2, 0) is 13.6 Å². The van der Waals surface area contributed by atoms with Gasteiger partial charge in [0.1, 0.15) is 5.75 Å². The summed E-state index contributed by atoms with van der Waals surface area (Å²) < 4.78 is 29.2. The van der Waals surface area contributed by atoms with E-state index < -0.39 is 7.75 Å². The fraction of sp³-hybridized carbons (Fsp3) is 0.500. The molecule has 2 unspecified atom stereocenters. The standard InChI is InChI=1S/C24H34N3O4P/c1-4-29-20-14-15-22-21(16-20)23(25)24(27(22)19-8-7-9-19)17-10-12-18(13-11-17)26-32(28,30-5-2)31-6-3/h10-16,19,23-24H,4-9,25H2,1-3H3,(H,26,28). The van der Waals surface area contributed by atoms with Crippen molar-refractivity contribution >= 4 is 19.1 Å². The number of nitrogens with zero attached hydrogens (tertiary/aromatic N) is 1. The van der Waals surface area contributed by atoms with Crippen LogP contribution in [0.3, 0.4) is 0 Å². The van der Waals surface area contributed by atoms with Crippen LogP contribution < -0.4 is 20.5 Å². The van der Waals surface area contributed by atoms with Crippen LogP contribution in [0.5, 0.6) is 5.75 Å². The Morgan fingerprint density at radius 3 is 2.28 bits per heavy atom. The number of nitrogens with two attached hydrogens (primary N) is 1. The topological polar surface area (TPSA) is 86.0 Å². The SMILES string of the molecule is CCOc1ccc2c(c1)C(N)C(c1ccc(NP(=O)(OCC)OCC)cc1)N2C1CCC1. The number of hydrogen-bond acceptors (Lipinski definition) is 6. The fourth-order valence-electron chi connectivity index (χ4n) is 4.60. The molecule has 1 saturated carbocycles. The van der Waals surface area contributed by atoms with Crippen molar-refractivity contribution in [2.45, 2.75) is 58.2 Å². The zero-order chi connectivity index (χ0) is 22.7. The number of benzene rings is 2. The number of anilines is 2. The smallest absolute Gasteiger partial charge is 0.432 e. The van der Waals surface area contributed by atoms with Gasteiger partial charge in [0, 0.05) is 17.4 Å². The van der Waals surface area contributed by atoms with E-state index in [0.717, 1.165) is 16.9 Å². The largest absolute Gasteiger partial charge is 0.494 e. The highest BCUT2D eigenvalue weighted by atomic mass is 31.2. The first-order valence-corrected chi connectivity index (χ1v) is 13.1. The van der Waals surface area contributed by atoms with E-state index in [-0.39, 0.29) is 12.1 Å². The maximum atomic E-state index is 12.8. The molecule has 32 heavy (non-hydrogen) atoms. The van der Waals surface area contributed by atoms with Gasteiger partial charge in [-0.05, 0) is 81.5 Å². The molecule has 0 saturated heterocycles. The summed E-state index contributed by atoms with van der Waals surface area (Å²) in [5.74, 6) is 0.859. The van der Waals surface area contributed by atoms with Gasteiger partial charge in [-0.3, -0.25) is 14.1 Å². The van der Waals surface area contributed by atoms with Gasteiger partial charge in [0.2, 0.25) is 0 Å². The minimum Gasteiger partial charge on any atom is -0.494 e. The van der Waals surface area contributed by atoms with E-state index in [0.29, 0.717) is 31.5 Å². The third-order valence-corrected chi connectivity index (χ3v) is 7.90. The Kier molecular flexibility index (Phi) is 7.11. The highest BCUT2D eigenvalue weighted by Gasteiger charge is 2.42. The Balaban J connectivity index is 1.61. The molecule has 1 aliphatic heterocycles. The van der Waals surface area contributed by atoms with E-state index in [2.05, 4.69) is 34.3 Å². The minimum atomic E-state index is -3.38. The molecule has 0 bridgehead atoms. The van der Waals surface area contributed by atoms with Crippen molar-refractivity contribution in [2.75, 3.05) is 29.8 Å². The summed E-state index contributed by atoms with van der Waals surface area (Å²) in [4.78, 5) is 2.49. The summed E-state index contributed by atoms with van der Waals surface area (Å²) >= 11 is 0. The van der Waals surface area contributed by atoms with Crippen molar-refractivity contribution in [1.82, 2.24) is 0 Å². The van der Waals surface area contributed by atoms with Gasteiger partial charge in [0.05, 0.1) is 31.9 Å². The Hall–Kier alpha value is -2.05. The van der Waals surface area contributed by atoms with E-state index in [1.54, 1.807) is 13.8 Å². The van der Waals surface area contributed by atoms with Gasteiger partial charge in [-0.25, -0.2) is 4.57 Å². The number of hydrogen-bond donors (Lipinski definition) is 2. The van der Waals surface area contributed by atoms with Crippen molar-refractivity contribution in [1.29, 1.82) is 0 Å². The molecule has 7 nitrogen and oxygen atoms in total. The van der Waals surface area contributed by atoms with Crippen LogP contribution in [0.1, 0.15) is 63.2 Å². The first-order valence-electron chi connectivity index (χ1n) is 11.6. The number of rotatable bonds is 10. The van der Waals surface area contributed by atoms with E-state index in [1.165, 1.54) is 24.9 Å². The van der Waals surface area contributed by atoms with Gasteiger partial charge in [0.15, 0.2) is 0 Å². The lowest BCUT2D eigenvalue weighted by molar-refractivity contribution is 0.225. The molecule has 2 atom stereocenters. The second kappa shape index (κ2) is 9.84. The van der Waals surface area contributed by atoms with Gasteiger partial charge in [-0.1, -0.05) is 12.1 Å². The van der Waals surface area contributed by atoms with Gasteiger partial charge >= 0.3 is 7.75 Å². The maximum absolute atomic E-state index is 12.8. The van der Waals surface area contributed by atoms with Crippen LogP contribution in [0.25, 0.3) is 0 Å². The van der Waals surface area contributed by atoms with Gasteiger partial charge in [0.25, 0.3) is 0 Å². The molecule has 2 aliphatic rings. The molecule has 1 fully saturated rings. The van der Waals surface area contributed by atoms with E-state index in [9.17, 15) is 4.57 Å². The first kappa shape index (κ1) is 23.1. The molecule has 0 aromatic heterocycles. The van der Waals surface area contributed by atoms with Crippen LogP contribution >= 0.6 is 7.75 Å². The molecule has 3 N–H and O–H groups in total. The van der Waals surface area contributed by atoms with Crippen molar-refractivity contribution < 1.29 is 18.3 Å². The molecule has 0 amide bonds. The van der Waals surface area contributed by atoms with Crippen LogP contribution in [0.4, 0.5) is 11.4 Å². The third-order valence-electron chi connectivity index (χ3n) is 6.17. The Morgan fingerprint density at radius 1 is 1.03 bits per heavy atom. The summed E-state index contributed by atoms with van der Waals surface area (Å²) in [6.07, 6.45) is 3.62. The molecule has 8 heteroatoms. The Morgan fingerprint density at radius 2 is 1.72 bits per heavy atom. The normalized spacial score (nSPS) is 20.7. The lowest BCUT2D eigenvalue weighted by Crippen LogP contribution is -2.42. The average molecular weight is 460 g/mol. The lowest BCUT2D eigenvalue weighted by Gasteiger charge is -2.41. The van der Waals surface area contributed by atoms with Crippen LogP contribution in [0.15, 0.2) is 42.5 Å². The molecule has 1 aliphatic carbocycles. The lowest BCUT2D eigenvalue weighted by atomic mass is 9.89. The van der Waals surface area contributed by atoms with Crippen molar-refractivity contribution in [3.63, 3.8) is 0 Å². The molecular weight excluding hydrogens is 425 g/mol. The molecule has 1 heterocycles. The predicted molar refractivity (Wildman–Crippen MR) is 128 cm³/mol. The summed E-state index contributed by atoms with van der Waals surface area (Å²) in [6, 6.07) is 14.6. The molecule has 2 aromatic carbocycles. The summed E-state index contributed by atoms with van der Waals surface area (Å²) in [7, 11) is -3.38. The zero-order valence-corrected chi connectivity index (χ0v) is 20.0. The number of nitrogens with one attached hydrogen (secondary N) is 1. The quantitative estimate of drug-likeness (QED) is 0.435. The number of ether oxygens (including phenoxy) is 1. The second-order valence-corrected chi connectivity index (χ2v) is 9.92. The summed E-state index contributed by atoms with van der Waals surface area (Å²) in [5.41, 5.74) is 11.0. The summed E-state index contributed by atoms with van der Waals surface area (Å²) in [6.45, 7) is 6.81. The van der Waals surface area contributed by atoms with Gasteiger partial charge in [-0.2, -0.15) is 0 Å². The summed E-state index contributed by atoms with van der Waals surface area (Å²) in [5, 5.41) is 2.93. The zero-order valence-electron chi connectivity index (χ0n) is 19.1.